The van der Waals surface area contributed by atoms with Crippen molar-refractivity contribution in [2.75, 3.05) is 78.7 Å². The van der Waals surface area contributed by atoms with E-state index in [0.717, 1.165) is 112 Å². The second kappa shape index (κ2) is 13.6. The predicted molar refractivity (Wildman–Crippen MR) is 147 cm³/mol. The minimum Gasteiger partial charge on any atom is -0.507 e. The van der Waals surface area contributed by atoms with Gasteiger partial charge in [0.05, 0.1) is 0 Å². The van der Waals surface area contributed by atoms with Gasteiger partial charge in [0.15, 0.2) is 0 Å². The maximum atomic E-state index is 11.3. The Kier molecular flexibility index (Phi) is 10.5. The van der Waals surface area contributed by atoms with Crippen molar-refractivity contribution < 1.29 is 15.3 Å². The molecule has 1 aromatic carbocycles. The summed E-state index contributed by atoms with van der Waals surface area (Å²) in [4.78, 5) is 10.8. The van der Waals surface area contributed by atoms with Crippen molar-refractivity contribution in [1.82, 2.24) is 19.6 Å². The molecule has 3 N–H and O–H groups in total. The van der Waals surface area contributed by atoms with Crippen molar-refractivity contribution in [3.63, 3.8) is 0 Å². The van der Waals surface area contributed by atoms with E-state index in [1.807, 2.05) is 0 Å². The summed E-state index contributed by atoms with van der Waals surface area (Å²) in [5, 5.41) is 29.5. The van der Waals surface area contributed by atoms with Crippen LogP contribution >= 0.6 is 32.9 Å². The lowest BCUT2D eigenvalue weighted by atomic mass is 10.0. The fourth-order valence-electron chi connectivity index (χ4n) is 4.93. The molecule has 0 aliphatic carbocycles. The van der Waals surface area contributed by atoms with Gasteiger partial charge in [0.1, 0.15) is 9.57 Å². The van der Waals surface area contributed by atoms with E-state index in [0.29, 0.717) is 5.75 Å². The topological polar surface area (TPSA) is 73.7 Å². The van der Waals surface area contributed by atoms with Gasteiger partial charge in [-0.3, -0.25) is 9.80 Å². The van der Waals surface area contributed by atoms with E-state index >= 15 is 0 Å². The van der Waals surface area contributed by atoms with Crippen molar-refractivity contribution >= 4 is 32.9 Å². The van der Waals surface area contributed by atoms with Gasteiger partial charge in [0.25, 0.3) is 0 Å². The van der Waals surface area contributed by atoms with Crippen LogP contribution in [0.2, 0.25) is 0 Å². The third-order valence-corrected chi connectivity index (χ3v) is 9.91. The highest BCUT2D eigenvalue weighted by Crippen LogP contribution is 2.36. The zero-order valence-electron chi connectivity index (χ0n) is 20.4. The van der Waals surface area contributed by atoms with Gasteiger partial charge < -0.3 is 25.1 Å². The Balaban J connectivity index is 1.47. The highest BCUT2D eigenvalue weighted by molar-refractivity contribution is 7.80. The molecule has 1 aromatic heterocycles. The lowest BCUT2D eigenvalue weighted by molar-refractivity contribution is 0.117. The third-order valence-electron chi connectivity index (χ3n) is 7.00. The first-order chi connectivity index (χ1) is 17.1. The fourth-order valence-corrected chi connectivity index (χ4v) is 7.31. The van der Waals surface area contributed by atoms with Gasteiger partial charge >= 0.3 is 0 Å². The van der Waals surface area contributed by atoms with Crippen LogP contribution in [0.15, 0.2) is 18.2 Å². The Bertz CT molecular complexity index is 931. The van der Waals surface area contributed by atoms with Crippen molar-refractivity contribution in [3.8, 4) is 16.2 Å². The van der Waals surface area contributed by atoms with Gasteiger partial charge in [-0.2, -0.15) is 0 Å². The van der Waals surface area contributed by atoms with Crippen LogP contribution in [0.5, 0.6) is 5.75 Å². The molecule has 2 saturated heterocycles. The van der Waals surface area contributed by atoms with Crippen LogP contribution in [0.1, 0.15) is 24.0 Å². The van der Waals surface area contributed by atoms with Crippen molar-refractivity contribution in [3.05, 3.63) is 33.1 Å². The van der Waals surface area contributed by atoms with E-state index in [2.05, 4.69) is 37.8 Å². The molecule has 0 unspecified atom stereocenters. The second-order valence-corrected chi connectivity index (χ2v) is 12.4. The highest BCUT2D eigenvalue weighted by atomic mass is 32.9. The molecular weight excluding hydrogens is 501 g/mol. The summed E-state index contributed by atoms with van der Waals surface area (Å²) in [6, 6.07) is 6.37. The largest absolute Gasteiger partial charge is 0.507 e. The molecule has 2 aromatic rings. The Labute approximate surface area is 221 Å². The number of hydrogen-bond donors (Lipinski definition) is 3. The summed E-state index contributed by atoms with van der Waals surface area (Å²) >= 11 is 5.39. The van der Waals surface area contributed by atoms with Gasteiger partial charge in [-0.15, -0.1) is 0 Å². The molecule has 0 radical (unpaired) electrons. The maximum Gasteiger partial charge on any atom is 0.124 e. The predicted octanol–water partition coefficient (Wildman–Crippen LogP) is 2.91. The second-order valence-electron chi connectivity index (χ2n) is 9.53. The first-order valence-corrected chi connectivity index (χ1v) is 15.2. The van der Waals surface area contributed by atoms with Crippen molar-refractivity contribution in [2.45, 2.75) is 25.9 Å². The molecule has 4 rings (SSSR count). The van der Waals surface area contributed by atoms with Gasteiger partial charge in [-0.1, -0.05) is 32.9 Å². The minimum absolute atomic E-state index is 0.247. The van der Waals surface area contributed by atoms with E-state index < -0.39 is 0 Å². The molecular formula is C25H38N4O3S3. The molecule has 0 amide bonds. The number of aliphatic hydroxyl groups is 2. The lowest BCUT2D eigenvalue weighted by Gasteiger charge is -2.35. The number of piperazine rings is 2. The molecule has 194 valence electrons. The van der Waals surface area contributed by atoms with Crippen LogP contribution in [0, 0.1) is 3.82 Å². The zero-order valence-corrected chi connectivity index (χ0v) is 22.9. The maximum absolute atomic E-state index is 11.3. The van der Waals surface area contributed by atoms with Crippen LogP contribution in [-0.4, -0.2) is 114 Å². The number of rotatable bonds is 11. The van der Waals surface area contributed by atoms with Gasteiger partial charge in [-0.05, 0) is 36.6 Å². The normalized spacial score (nSPS) is 18.9. The quantitative estimate of drug-likeness (QED) is 0.298. The Hall–Kier alpha value is -0.950. The lowest BCUT2D eigenvalue weighted by Crippen LogP contribution is -2.46. The van der Waals surface area contributed by atoms with E-state index in [1.165, 1.54) is 4.88 Å². The Morgan fingerprint density at radius 3 is 1.54 bits per heavy atom. The van der Waals surface area contributed by atoms with Gasteiger partial charge in [-0.25, -0.2) is 0 Å². The standard InChI is InChI=1S/C25H38N4O3S3/c30-13-1-3-26-5-9-28(10-6-26)18-21-15-20(23-17-24(33)35-34-23)16-22(25(21)32)19-29-11-7-27(8-12-29)4-2-14-31/h15-17,30-32H,1-14,18-19H2. The Morgan fingerprint density at radius 1 is 0.686 bits per heavy atom. The molecule has 10 heteroatoms. The van der Waals surface area contributed by atoms with Crippen LogP contribution in [-0.2, 0) is 13.1 Å². The average Bonchev–Trinajstić information content (AvgIpc) is 3.31. The molecule has 0 atom stereocenters. The van der Waals surface area contributed by atoms with Crippen molar-refractivity contribution in [1.29, 1.82) is 0 Å². The monoisotopic (exact) mass is 538 g/mol. The molecule has 35 heavy (non-hydrogen) atoms. The molecule has 7 nitrogen and oxygen atoms in total. The van der Waals surface area contributed by atoms with E-state index in [9.17, 15) is 5.11 Å². The van der Waals surface area contributed by atoms with Crippen LogP contribution in [0.25, 0.3) is 10.4 Å². The number of benzene rings is 1. The highest BCUT2D eigenvalue weighted by Gasteiger charge is 2.22. The summed E-state index contributed by atoms with van der Waals surface area (Å²) in [6.07, 6.45) is 1.66. The molecule has 3 heterocycles. The van der Waals surface area contributed by atoms with Crippen LogP contribution < -0.4 is 0 Å². The molecule has 0 saturated carbocycles. The van der Waals surface area contributed by atoms with Gasteiger partial charge in [0, 0.05) is 108 Å². The van der Waals surface area contributed by atoms with E-state index in [-0.39, 0.29) is 13.2 Å². The smallest absolute Gasteiger partial charge is 0.124 e. The molecule has 2 fully saturated rings. The Morgan fingerprint density at radius 2 is 1.14 bits per heavy atom. The van der Waals surface area contributed by atoms with Gasteiger partial charge in [0.2, 0.25) is 0 Å². The SMILES string of the molecule is OCCCN1CCN(Cc2cc(-c3cc(=S)ss3)cc(CN3CCN(CCCO)CC3)c2O)CC1. The third kappa shape index (κ3) is 7.77. The van der Waals surface area contributed by atoms with Crippen molar-refractivity contribution in [2.24, 2.45) is 0 Å². The van der Waals surface area contributed by atoms with Crippen LogP contribution in [0.3, 0.4) is 0 Å². The number of phenols is 1. The fraction of sp³-hybridized carbons (Fsp3) is 0.640. The molecule has 0 spiro atoms. The summed E-state index contributed by atoms with van der Waals surface area (Å²) in [5.41, 5.74) is 3.13. The first-order valence-electron chi connectivity index (χ1n) is 12.6. The van der Waals surface area contributed by atoms with E-state index in [4.69, 9.17) is 22.4 Å². The number of aliphatic hydroxyl groups excluding tert-OH is 2. The summed E-state index contributed by atoms with van der Waals surface area (Å²) in [7, 11) is 3.33. The average molecular weight is 539 g/mol. The number of nitrogens with zero attached hydrogens (tertiary/aromatic N) is 4. The molecule has 0 bridgehead atoms. The summed E-state index contributed by atoms with van der Waals surface area (Å²) in [5.74, 6) is 0.429. The summed E-state index contributed by atoms with van der Waals surface area (Å²) < 4.78 is 0.902. The molecule has 2 aliphatic rings. The molecule has 2 aliphatic heterocycles. The zero-order chi connectivity index (χ0) is 24.6. The van der Waals surface area contributed by atoms with E-state index in [1.54, 1.807) is 20.7 Å². The minimum atomic E-state index is 0.247. The number of phenolic OH excluding ortho intramolecular Hbond substituents is 1. The first kappa shape index (κ1) is 27.1. The summed E-state index contributed by atoms with van der Waals surface area (Å²) in [6.45, 7) is 11.8. The number of hydrogen-bond acceptors (Lipinski definition) is 10. The van der Waals surface area contributed by atoms with Crippen LogP contribution in [0.4, 0.5) is 0 Å². The number of aromatic hydroxyl groups is 1.